The topological polar surface area (TPSA) is 53.6 Å². The highest BCUT2D eigenvalue weighted by atomic mass is 35.5. The molecule has 2 aliphatic rings. The monoisotopic (exact) mass is 325 g/mol. The zero-order valence-corrected chi connectivity index (χ0v) is 13.7. The third-order valence-electron chi connectivity index (χ3n) is 4.79. The van der Waals surface area contributed by atoms with Crippen molar-refractivity contribution >= 4 is 24.1 Å². The average Bonchev–Trinajstić information content (AvgIpc) is 2.96. The Kier molecular flexibility index (Phi) is 5.53. The lowest BCUT2D eigenvalue weighted by Gasteiger charge is -2.38. The van der Waals surface area contributed by atoms with Crippen LogP contribution in [0.2, 0.25) is 0 Å². The number of carbonyl (C=O) groups excluding carboxylic acids is 1. The molecule has 0 aromatic heterocycles. The summed E-state index contributed by atoms with van der Waals surface area (Å²) in [6, 6.07) is 7.48. The van der Waals surface area contributed by atoms with E-state index in [1.54, 1.807) is 7.11 Å². The average molecular weight is 326 g/mol. The number of piperidine rings is 1. The van der Waals surface area contributed by atoms with Crippen LogP contribution in [-0.4, -0.2) is 44.2 Å². The van der Waals surface area contributed by atoms with E-state index in [0.717, 1.165) is 44.7 Å². The Morgan fingerprint density at radius 1 is 1.27 bits per heavy atom. The lowest BCUT2D eigenvalue weighted by atomic mass is 9.78. The van der Waals surface area contributed by atoms with Gasteiger partial charge in [0.25, 0.3) is 0 Å². The molecule has 0 atom stereocenters. The smallest absolute Gasteiger partial charge is 0.321 e. The molecule has 3 rings (SSSR count). The molecule has 0 unspecified atom stereocenters. The number of nitrogens with one attached hydrogen (secondary N) is 2. The van der Waals surface area contributed by atoms with Crippen LogP contribution in [0.25, 0.3) is 0 Å². The first-order valence-corrected chi connectivity index (χ1v) is 7.62. The summed E-state index contributed by atoms with van der Waals surface area (Å²) in [6.45, 7) is 3.90. The number of methoxy groups -OCH3 is 1. The maximum absolute atomic E-state index is 12.4. The van der Waals surface area contributed by atoms with Crippen molar-refractivity contribution < 1.29 is 9.53 Å². The van der Waals surface area contributed by atoms with E-state index in [2.05, 4.69) is 10.6 Å². The van der Waals surface area contributed by atoms with Gasteiger partial charge in [0, 0.05) is 19.6 Å². The number of amides is 2. The van der Waals surface area contributed by atoms with Crippen LogP contribution in [0, 0.1) is 5.41 Å². The van der Waals surface area contributed by atoms with E-state index in [4.69, 9.17) is 4.74 Å². The van der Waals surface area contributed by atoms with Crippen molar-refractivity contribution in [1.29, 1.82) is 0 Å². The fourth-order valence-electron chi connectivity index (χ4n) is 3.35. The third kappa shape index (κ3) is 3.47. The molecule has 122 valence electrons. The van der Waals surface area contributed by atoms with Crippen LogP contribution in [0.3, 0.4) is 0 Å². The molecule has 2 saturated heterocycles. The second-order valence-electron chi connectivity index (χ2n) is 6.04. The summed E-state index contributed by atoms with van der Waals surface area (Å²) in [4.78, 5) is 14.3. The quantitative estimate of drug-likeness (QED) is 0.879. The van der Waals surface area contributed by atoms with Gasteiger partial charge in [-0.2, -0.15) is 0 Å². The van der Waals surface area contributed by atoms with Crippen molar-refractivity contribution in [2.24, 2.45) is 5.41 Å². The molecule has 0 aliphatic carbocycles. The minimum absolute atomic E-state index is 0. The number of anilines is 1. The Hall–Kier alpha value is -1.46. The second-order valence-corrected chi connectivity index (χ2v) is 6.04. The molecule has 2 fully saturated rings. The van der Waals surface area contributed by atoms with Crippen LogP contribution in [-0.2, 0) is 0 Å². The molecule has 1 spiro atoms. The summed E-state index contributed by atoms with van der Waals surface area (Å²) in [7, 11) is 1.61. The summed E-state index contributed by atoms with van der Waals surface area (Å²) in [5.74, 6) is 0.694. The van der Waals surface area contributed by atoms with E-state index in [1.807, 2.05) is 29.2 Å². The molecule has 1 aromatic rings. The van der Waals surface area contributed by atoms with E-state index < -0.39 is 0 Å². The lowest BCUT2D eigenvalue weighted by molar-refractivity contribution is 0.137. The summed E-state index contributed by atoms with van der Waals surface area (Å²) < 4.78 is 5.27. The second kappa shape index (κ2) is 7.20. The highest BCUT2D eigenvalue weighted by molar-refractivity contribution is 5.91. The number of carbonyl (C=O) groups is 1. The molecule has 2 aliphatic heterocycles. The van der Waals surface area contributed by atoms with E-state index >= 15 is 0 Å². The maximum atomic E-state index is 12.4. The van der Waals surface area contributed by atoms with Gasteiger partial charge in [0.1, 0.15) is 5.75 Å². The molecule has 6 heteroatoms. The predicted octanol–water partition coefficient (Wildman–Crippen LogP) is 2.72. The van der Waals surface area contributed by atoms with Gasteiger partial charge in [0.05, 0.1) is 12.8 Å². The first-order valence-electron chi connectivity index (χ1n) is 7.62. The van der Waals surface area contributed by atoms with Crippen molar-refractivity contribution in [3.05, 3.63) is 24.3 Å². The van der Waals surface area contributed by atoms with Crippen molar-refractivity contribution in [3.63, 3.8) is 0 Å². The summed E-state index contributed by atoms with van der Waals surface area (Å²) >= 11 is 0. The van der Waals surface area contributed by atoms with E-state index in [0.29, 0.717) is 11.2 Å². The Labute approximate surface area is 137 Å². The van der Waals surface area contributed by atoms with Gasteiger partial charge >= 0.3 is 6.03 Å². The van der Waals surface area contributed by atoms with Gasteiger partial charge in [0.15, 0.2) is 0 Å². The number of para-hydroxylation sites is 2. The van der Waals surface area contributed by atoms with E-state index in [-0.39, 0.29) is 18.4 Å². The normalized spacial score (nSPS) is 19.6. The minimum atomic E-state index is -0.0275. The number of ether oxygens (including phenoxy) is 1. The number of hydrogen-bond donors (Lipinski definition) is 2. The minimum Gasteiger partial charge on any atom is -0.495 e. The fraction of sp³-hybridized carbons (Fsp3) is 0.562. The largest absolute Gasteiger partial charge is 0.495 e. The van der Waals surface area contributed by atoms with Gasteiger partial charge in [-0.25, -0.2) is 4.79 Å². The SMILES string of the molecule is COc1ccccc1NC(=O)N1CCC2(CCNC2)CC1.Cl. The van der Waals surface area contributed by atoms with Gasteiger partial charge in [0.2, 0.25) is 0 Å². The molecular formula is C16H24ClN3O2. The van der Waals surface area contributed by atoms with Gasteiger partial charge in [-0.05, 0) is 43.4 Å². The first-order chi connectivity index (χ1) is 10.2. The van der Waals surface area contributed by atoms with Gasteiger partial charge in [-0.3, -0.25) is 0 Å². The maximum Gasteiger partial charge on any atom is 0.321 e. The number of benzene rings is 1. The number of rotatable bonds is 2. The van der Waals surface area contributed by atoms with Crippen molar-refractivity contribution in [2.75, 3.05) is 38.6 Å². The molecule has 2 N–H and O–H groups in total. The number of likely N-dealkylation sites (tertiary alicyclic amines) is 1. The van der Waals surface area contributed by atoms with E-state index in [9.17, 15) is 4.79 Å². The van der Waals surface area contributed by atoms with Gasteiger partial charge in [-0.15, -0.1) is 12.4 Å². The standard InChI is InChI=1S/C16H23N3O2.ClH/c1-21-14-5-3-2-4-13(14)18-15(20)19-10-7-16(8-11-19)6-9-17-12-16;/h2-5,17H,6-12H2,1H3,(H,18,20);1H. The van der Waals surface area contributed by atoms with Crippen LogP contribution >= 0.6 is 12.4 Å². The molecule has 1 aromatic carbocycles. The number of hydrogen-bond acceptors (Lipinski definition) is 3. The van der Waals surface area contributed by atoms with Crippen molar-refractivity contribution in [2.45, 2.75) is 19.3 Å². The Bertz CT molecular complexity index is 508. The Morgan fingerprint density at radius 3 is 2.64 bits per heavy atom. The fourth-order valence-corrected chi connectivity index (χ4v) is 3.35. The molecule has 0 bridgehead atoms. The third-order valence-corrected chi connectivity index (χ3v) is 4.79. The van der Waals surface area contributed by atoms with Crippen LogP contribution in [0.5, 0.6) is 5.75 Å². The van der Waals surface area contributed by atoms with Crippen LogP contribution < -0.4 is 15.4 Å². The molecular weight excluding hydrogens is 302 g/mol. The highest BCUT2D eigenvalue weighted by Crippen LogP contribution is 2.37. The van der Waals surface area contributed by atoms with Gasteiger partial charge < -0.3 is 20.3 Å². The van der Waals surface area contributed by atoms with Crippen LogP contribution in [0.4, 0.5) is 10.5 Å². The number of nitrogens with zero attached hydrogens (tertiary/aromatic N) is 1. The number of halogens is 1. The number of urea groups is 1. The van der Waals surface area contributed by atoms with Crippen molar-refractivity contribution in [1.82, 2.24) is 10.2 Å². The molecule has 22 heavy (non-hydrogen) atoms. The molecule has 0 saturated carbocycles. The summed E-state index contributed by atoms with van der Waals surface area (Å²) in [6.07, 6.45) is 3.44. The summed E-state index contributed by atoms with van der Waals surface area (Å²) in [5, 5.41) is 6.40. The van der Waals surface area contributed by atoms with Crippen molar-refractivity contribution in [3.8, 4) is 5.75 Å². The van der Waals surface area contributed by atoms with Gasteiger partial charge in [-0.1, -0.05) is 12.1 Å². The zero-order valence-electron chi connectivity index (χ0n) is 12.9. The zero-order chi connectivity index (χ0) is 14.7. The van der Waals surface area contributed by atoms with Crippen LogP contribution in [0.1, 0.15) is 19.3 Å². The molecule has 2 amide bonds. The molecule has 2 heterocycles. The molecule has 0 radical (unpaired) electrons. The Balaban J connectivity index is 0.00000176. The summed E-state index contributed by atoms with van der Waals surface area (Å²) in [5.41, 5.74) is 1.16. The highest BCUT2D eigenvalue weighted by Gasteiger charge is 2.38. The Morgan fingerprint density at radius 2 is 2.00 bits per heavy atom. The predicted molar refractivity (Wildman–Crippen MR) is 90.0 cm³/mol. The molecule has 5 nitrogen and oxygen atoms in total. The first kappa shape index (κ1) is 16.9. The van der Waals surface area contributed by atoms with E-state index in [1.165, 1.54) is 6.42 Å². The lowest BCUT2D eigenvalue weighted by Crippen LogP contribution is -2.45. The van der Waals surface area contributed by atoms with Crippen LogP contribution in [0.15, 0.2) is 24.3 Å².